The largest absolute Gasteiger partial charge is 0.465 e. The van der Waals surface area contributed by atoms with Crippen molar-refractivity contribution in [1.82, 2.24) is 9.97 Å². The molecule has 0 saturated heterocycles. The number of methoxy groups -OCH3 is 2. The molecule has 0 bridgehead atoms. The number of thiophene rings is 1. The summed E-state index contributed by atoms with van der Waals surface area (Å²) >= 11 is 2.04. The number of nitrogens with zero attached hydrogens (tertiary/aromatic N) is 1. The third-order valence-corrected chi connectivity index (χ3v) is 6.73. The number of rotatable bonds is 6. The van der Waals surface area contributed by atoms with Gasteiger partial charge in [0.05, 0.1) is 31.2 Å². The number of esters is 2. The average molecular weight is 452 g/mol. The van der Waals surface area contributed by atoms with Crippen molar-refractivity contribution >= 4 is 45.9 Å². The number of carbonyl (C=O) groups is 3. The standard InChI is InChI=1S/C19H21N3O6S2/c1-9-13(17(25)27-2)16(30-14(9)18(26)28-3)21-12(23)8-29-19-20-11-7-5-4-6-10(11)15(24)22-19/h4-8H2,1-3H3,(H,21,23)(H,20,22,24). The molecule has 2 heterocycles. The number of aromatic nitrogens is 2. The van der Waals surface area contributed by atoms with Gasteiger partial charge in [-0.15, -0.1) is 11.3 Å². The summed E-state index contributed by atoms with van der Waals surface area (Å²) in [5, 5.41) is 3.23. The van der Waals surface area contributed by atoms with Gasteiger partial charge in [-0.2, -0.15) is 0 Å². The Hall–Kier alpha value is -2.66. The van der Waals surface area contributed by atoms with Crippen LogP contribution in [0, 0.1) is 6.92 Å². The zero-order chi connectivity index (χ0) is 21.8. The number of aromatic amines is 1. The van der Waals surface area contributed by atoms with Gasteiger partial charge in [0.1, 0.15) is 9.88 Å². The summed E-state index contributed by atoms with van der Waals surface area (Å²) < 4.78 is 9.50. The Morgan fingerprint density at radius 1 is 1.17 bits per heavy atom. The Balaban J connectivity index is 1.75. The average Bonchev–Trinajstić information content (AvgIpc) is 3.06. The summed E-state index contributed by atoms with van der Waals surface area (Å²) in [6.45, 7) is 1.58. The molecule has 2 aromatic heterocycles. The number of anilines is 1. The van der Waals surface area contributed by atoms with Crippen LogP contribution in [0.4, 0.5) is 5.00 Å². The molecule has 9 nitrogen and oxygen atoms in total. The van der Waals surface area contributed by atoms with Crippen molar-refractivity contribution in [3.8, 4) is 0 Å². The van der Waals surface area contributed by atoms with E-state index in [0.29, 0.717) is 10.7 Å². The van der Waals surface area contributed by atoms with Gasteiger partial charge in [-0.25, -0.2) is 14.6 Å². The zero-order valence-electron chi connectivity index (χ0n) is 16.7. The summed E-state index contributed by atoms with van der Waals surface area (Å²) in [6.07, 6.45) is 3.44. The number of H-pyrrole nitrogens is 1. The first-order valence-corrected chi connectivity index (χ1v) is 11.0. The van der Waals surface area contributed by atoms with E-state index in [1.165, 1.54) is 14.2 Å². The quantitative estimate of drug-likeness (QED) is 0.389. The van der Waals surface area contributed by atoms with Gasteiger partial charge in [0.2, 0.25) is 5.91 Å². The number of thioether (sulfide) groups is 1. The van der Waals surface area contributed by atoms with Crippen LogP contribution in [0.2, 0.25) is 0 Å². The first kappa shape index (κ1) is 22.0. The maximum Gasteiger partial charge on any atom is 0.348 e. The first-order chi connectivity index (χ1) is 14.3. The van der Waals surface area contributed by atoms with Crippen molar-refractivity contribution in [2.75, 3.05) is 25.3 Å². The van der Waals surface area contributed by atoms with Gasteiger partial charge in [-0.1, -0.05) is 11.8 Å². The number of aryl methyl sites for hydroxylation is 1. The Morgan fingerprint density at radius 2 is 1.87 bits per heavy atom. The Morgan fingerprint density at radius 3 is 2.57 bits per heavy atom. The van der Waals surface area contributed by atoms with E-state index in [2.05, 4.69) is 15.3 Å². The van der Waals surface area contributed by atoms with E-state index < -0.39 is 17.8 Å². The minimum absolute atomic E-state index is 0.0349. The topological polar surface area (TPSA) is 127 Å². The van der Waals surface area contributed by atoms with Crippen molar-refractivity contribution in [2.24, 2.45) is 0 Å². The number of hydrogen-bond donors (Lipinski definition) is 2. The second-order valence-electron chi connectivity index (χ2n) is 6.58. The molecule has 0 spiro atoms. The van der Waals surface area contributed by atoms with E-state index in [9.17, 15) is 19.2 Å². The van der Waals surface area contributed by atoms with Gasteiger partial charge in [-0.05, 0) is 38.2 Å². The molecule has 0 fully saturated rings. The molecular formula is C19H21N3O6S2. The number of amides is 1. The van der Waals surface area contributed by atoms with Crippen LogP contribution in [0.3, 0.4) is 0 Å². The molecule has 1 amide bonds. The monoisotopic (exact) mass is 451 g/mol. The minimum atomic E-state index is -0.664. The van der Waals surface area contributed by atoms with Crippen LogP contribution < -0.4 is 10.9 Å². The van der Waals surface area contributed by atoms with Gasteiger partial charge in [0.15, 0.2) is 5.16 Å². The molecule has 0 saturated carbocycles. The van der Waals surface area contributed by atoms with E-state index in [-0.39, 0.29) is 26.8 Å². The van der Waals surface area contributed by atoms with Gasteiger partial charge < -0.3 is 19.8 Å². The first-order valence-electron chi connectivity index (χ1n) is 9.20. The summed E-state index contributed by atoms with van der Waals surface area (Å²) in [7, 11) is 2.46. The van der Waals surface area contributed by atoms with Crippen LogP contribution >= 0.6 is 23.1 Å². The number of carbonyl (C=O) groups excluding carboxylic acids is 3. The maximum absolute atomic E-state index is 12.5. The van der Waals surface area contributed by atoms with Crippen molar-refractivity contribution in [3.05, 3.63) is 37.6 Å². The summed E-state index contributed by atoms with van der Waals surface area (Å²) in [5.74, 6) is -1.72. The second-order valence-corrected chi connectivity index (χ2v) is 8.57. The van der Waals surface area contributed by atoms with Crippen LogP contribution in [-0.2, 0) is 27.1 Å². The van der Waals surface area contributed by atoms with Crippen molar-refractivity contribution in [2.45, 2.75) is 37.8 Å². The predicted octanol–water partition coefficient (Wildman–Crippen LogP) is 2.32. The molecule has 2 aromatic rings. The third kappa shape index (κ3) is 4.57. The predicted molar refractivity (Wildman–Crippen MR) is 113 cm³/mol. The number of ether oxygens (including phenoxy) is 2. The molecule has 1 aliphatic carbocycles. The van der Waals surface area contributed by atoms with Gasteiger partial charge in [0, 0.05) is 5.56 Å². The highest BCUT2D eigenvalue weighted by Gasteiger charge is 2.27. The molecule has 0 unspecified atom stereocenters. The lowest BCUT2D eigenvalue weighted by Gasteiger charge is -2.14. The Bertz CT molecular complexity index is 1060. The lowest BCUT2D eigenvalue weighted by Crippen LogP contribution is -2.22. The van der Waals surface area contributed by atoms with Crippen LogP contribution in [0.15, 0.2) is 9.95 Å². The van der Waals surface area contributed by atoms with Crippen LogP contribution in [0.25, 0.3) is 0 Å². The highest BCUT2D eigenvalue weighted by Crippen LogP contribution is 2.34. The molecule has 0 radical (unpaired) electrons. The van der Waals surface area contributed by atoms with Crippen LogP contribution in [-0.4, -0.2) is 47.8 Å². The smallest absolute Gasteiger partial charge is 0.348 e. The summed E-state index contributed by atoms with van der Waals surface area (Å²) in [5.41, 5.74) is 1.84. The van der Waals surface area contributed by atoms with E-state index in [4.69, 9.17) is 9.47 Å². The van der Waals surface area contributed by atoms with Crippen molar-refractivity contribution in [3.63, 3.8) is 0 Å². The van der Waals surface area contributed by atoms with E-state index in [1.807, 2.05) is 0 Å². The third-order valence-electron chi connectivity index (χ3n) is 4.67. The summed E-state index contributed by atoms with van der Waals surface area (Å²) in [6, 6.07) is 0. The fourth-order valence-electron chi connectivity index (χ4n) is 3.18. The highest BCUT2D eigenvalue weighted by atomic mass is 32.2. The Kier molecular flexibility index (Phi) is 6.93. The fraction of sp³-hybridized carbons (Fsp3) is 0.421. The van der Waals surface area contributed by atoms with E-state index in [0.717, 1.165) is 60.0 Å². The molecule has 160 valence electrons. The highest BCUT2D eigenvalue weighted by molar-refractivity contribution is 7.99. The molecule has 3 rings (SSSR count). The molecule has 0 aliphatic heterocycles. The normalized spacial score (nSPS) is 12.8. The molecule has 2 N–H and O–H groups in total. The maximum atomic E-state index is 12.5. The Labute approximate surface area is 180 Å². The van der Waals surface area contributed by atoms with Gasteiger partial charge in [-0.3, -0.25) is 9.59 Å². The zero-order valence-corrected chi connectivity index (χ0v) is 18.4. The molecular weight excluding hydrogens is 430 g/mol. The van der Waals surface area contributed by atoms with E-state index >= 15 is 0 Å². The lowest BCUT2D eigenvalue weighted by molar-refractivity contribution is -0.113. The van der Waals surface area contributed by atoms with Crippen molar-refractivity contribution in [1.29, 1.82) is 0 Å². The molecule has 11 heteroatoms. The molecule has 0 aromatic carbocycles. The number of hydrogen-bond acceptors (Lipinski definition) is 9. The minimum Gasteiger partial charge on any atom is -0.465 e. The van der Waals surface area contributed by atoms with Gasteiger partial charge in [0.25, 0.3) is 5.56 Å². The number of fused-ring (bicyclic) bond motifs is 1. The van der Waals surface area contributed by atoms with E-state index in [1.54, 1.807) is 6.92 Å². The molecule has 0 atom stereocenters. The SMILES string of the molecule is COC(=O)c1sc(NC(=O)CSc2nc3c(c(=O)[nH]2)CCCC3)c(C(=O)OC)c1C. The molecule has 30 heavy (non-hydrogen) atoms. The van der Waals surface area contributed by atoms with Crippen LogP contribution in [0.1, 0.15) is 49.7 Å². The van der Waals surface area contributed by atoms with Gasteiger partial charge >= 0.3 is 11.9 Å². The lowest BCUT2D eigenvalue weighted by atomic mass is 9.97. The van der Waals surface area contributed by atoms with Crippen LogP contribution in [0.5, 0.6) is 0 Å². The summed E-state index contributed by atoms with van der Waals surface area (Å²) in [4.78, 5) is 56.1. The van der Waals surface area contributed by atoms with Crippen molar-refractivity contribution < 1.29 is 23.9 Å². The number of nitrogens with one attached hydrogen (secondary N) is 2. The fourth-order valence-corrected chi connectivity index (χ4v) is 4.99. The second kappa shape index (κ2) is 9.43. The molecule has 1 aliphatic rings.